The first-order valence-electron chi connectivity index (χ1n) is 7.27. The van der Waals surface area contributed by atoms with Gasteiger partial charge in [-0.2, -0.15) is 13.2 Å². The molecule has 0 fully saturated rings. The van der Waals surface area contributed by atoms with E-state index in [4.69, 9.17) is 0 Å². The third-order valence-corrected chi connectivity index (χ3v) is 3.37. The predicted octanol–water partition coefficient (Wildman–Crippen LogP) is 3.24. The standard InChI is InChI=1S/C17H17F3N2O2/c18-17(19,20)14-8-6-13(7-9-14)15(23)11-22-16(24)21-10-12-4-2-1-3-5-12/h1-9,15,23H,10-11H2,(H2,21,22,24)/t15-/m0/s1. The zero-order chi connectivity index (χ0) is 17.6. The van der Waals surface area contributed by atoms with Gasteiger partial charge in [-0.05, 0) is 23.3 Å². The molecule has 0 unspecified atom stereocenters. The number of aliphatic hydroxyl groups is 1. The summed E-state index contributed by atoms with van der Waals surface area (Å²) in [5.41, 5.74) is 0.439. The van der Waals surface area contributed by atoms with Crippen LogP contribution in [0.5, 0.6) is 0 Å². The van der Waals surface area contributed by atoms with Gasteiger partial charge >= 0.3 is 12.2 Å². The minimum absolute atomic E-state index is 0.105. The van der Waals surface area contributed by atoms with Crippen molar-refractivity contribution >= 4 is 6.03 Å². The van der Waals surface area contributed by atoms with E-state index >= 15 is 0 Å². The van der Waals surface area contributed by atoms with Crippen molar-refractivity contribution < 1.29 is 23.1 Å². The first kappa shape index (κ1) is 17.8. The fourth-order valence-electron chi connectivity index (χ4n) is 2.04. The molecular formula is C17H17F3N2O2. The lowest BCUT2D eigenvalue weighted by Gasteiger charge is -2.14. The SMILES string of the molecule is O=C(NCc1ccccc1)NC[C@H](O)c1ccc(C(F)(F)F)cc1. The summed E-state index contributed by atoms with van der Waals surface area (Å²) in [7, 11) is 0. The first-order valence-corrected chi connectivity index (χ1v) is 7.27. The van der Waals surface area contributed by atoms with E-state index < -0.39 is 23.9 Å². The lowest BCUT2D eigenvalue weighted by atomic mass is 10.1. The van der Waals surface area contributed by atoms with Crippen LogP contribution < -0.4 is 10.6 Å². The van der Waals surface area contributed by atoms with Gasteiger partial charge in [0.25, 0.3) is 0 Å². The number of carbonyl (C=O) groups is 1. The van der Waals surface area contributed by atoms with Crippen LogP contribution in [0.25, 0.3) is 0 Å². The largest absolute Gasteiger partial charge is 0.416 e. The molecule has 0 aromatic heterocycles. The Labute approximate surface area is 137 Å². The van der Waals surface area contributed by atoms with Crippen LogP contribution in [0.1, 0.15) is 22.8 Å². The quantitative estimate of drug-likeness (QED) is 0.784. The third-order valence-electron chi connectivity index (χ3n) is 3.37. The van der Waals surface area contributed by atoms with Gasteiger partial charge in [-0.15, -0.1) is 0 Å². The molecule has 0 spiro atoms. The molecule has 0 saturated carbocycles. The minimum Gasteiger partial charge on any atom is -0.387 e. The Morgan fingerprint density at radius 1 is 1.00 bits per heavy atom. The van der Waals surface area contributed by atoms with E-state index in [1.165, 1.54) is 12.1 Å². The highest BCUT2D eigenvalue weighted by Gasteiger charge is 2.30. The normalized spacial score (nSPS) is 12.5. The molecular weight excluding hydrogens is 321 g/mol. The Morgan fingerprint density at radius 2 is 1.62 bits per heavy atom. The van der Waals surface area contributed by atoms with Crippen molar-refractivity contribution in [1.82, 2.24) is 10.6 Å². The molecule has 0 heterocycles. The van der Waals surface area contributed by atoms with Gasteiger partial charge in [0.1, 0.15) is 0 Å². The third kappa shape index (κ3) is 5.27. The van der Waals surface area contributed by atoms with Crippen molar-refractivity contribution in [2.75, 3.05) is 6.54 Å². The Kier molecular flexibility index (Phi) is 5.81. The van der Waals surface area contributed by atoms with Crippen LogP contribution in [0.2, 0.25) is 0 Å². The van der Waals surface area contributed by atoms with E-state index in [1.54, 1.807) is 0 Å². The van der Waals surface area contributed by atoms with E-state index in [1.807, 2.05) is 30.3 Å². The number of hydrogen-bond acceptors (Lipinski definition) is 2. The average molecular weight is 338 g/mol. The highest BCUT2D eigenvalue weighted by molar-refractivity contribution is 5.73. The molecule has 2 aromatic carbocycles. The van der Waals surface area contributed by atoms with E-state index in [2.05, 4.69) is 10.6 Å². The lowest BCUT2D eigenvalue weighted by molar-refractivity contribution is -0.137. The van der Waals surface area contributed by atoms with Crippen LogP contribution in [-0.4, -0.2) is 17.7 Å². The smallest absolute Gasteiger partial charge is 0.387 e. The maximum absolute atomic E-state index is 12.5. The molecule has 0 saturated heterocycles. The van der Waals surface area contributed by atoms with E-state index in [-0.39, 0.29) is 6.54 Å². The number of alkyl halides is 3. The summed E-state index contributed by atoms with van der Waals surface area (Å²) in [4.78, 5) is 11.7. The topological polar surface area (TPSA) is 61.4 Å². The monoisotopic (exact) mass is 338 g/mol. The second-order valence-electron chi connectivity index (χ2n) is 5.18. The van der Waals surface area contributed by atoms with Gasteiger partial charge in [0.05, 0.1) is 11.7 Å². The molecule has 0 bridgehead atoms. The van der Waals surface area contributed by atoms with Gasteiger partial charge in [0.2, 0.25) is 0 Å². The van der Waals surface area contributed by atoms with E-state index in [9.17, 15) is 23.1 Å². The van der Waals surface area contributed by atoms with Gasteiger partial charge in [-0.1, -0.05) is 42.5 Å². The van der Waals surface area contributed by atoms with Crippen molar-refractivity contribution in [1.29, 1.82) is 0 Å². The maximum atomic E-state index is 12.5. The lowest BCUT2D eigenvalue weighted by Crippen LogP contribution is -2.37. The van der Waals surface area contributed by atoms with Crippen molar-refractivity contribution in [3.63, 3.8) is 0 Å². The number of benzene rings is 2. The predicted molar refractivity (Wildman–Crippen MR) is 83.1 cm³/mol. The number of urea groups is 1. The molecule has 7 heteroatoms. The molecule has 2 rings (SSSR count). The van der Waals surface area contributed by atoms with Crippen LogP contribution in [0.3, 0.4) is 0 Å². The van der Waals surface area contributed by atoms with Gasteiger partial charge in [-0.3, -0.25) is 0 Å². The number of rotatable bonds is 5. The number of amides is 2. The van der Waals surface area contributed by atoms with Crippen LogP contribution in [0.4, 0.5) is 18.0 Å². The highest BCUT2D eigenvalue weighted by Crippen LogP contribution is 2.29. The minimum atomic E-state index is -4.42. The van der Waals surface area contributed by atoms with Crippen molar-refractivity contribution in [2.45, 2.75) is 18.8 Å². The van der Waals surface area contributed by atoms with E-state index in [0.29, 0.717) is 12.1 Å². The highest BCUT2D eigenvalue weighted by atomic mass is 19.4. The molecule has 24 heavy (non-hydrogen) atoms. The summed E-state index contributed by atoms with van der Waals surface area (Å²) in [6.07, 6.45) is -5.51. The molecule has 0 aliphatic carbocycles. The summed E-state index contributed by atoms with van der Waals surface area (Å²) in [6.45, 7) is 0.231. The summed E-state index contributed by atoms with van der Waals surface area (Å²) in [5, 5.41) is 15.0. The zero-order valence-electron chi connectivity index (χ0n) is 12.7. The summed E-state index contributed by atoms with van der Waals surface area (Å²) in [6, 6.07) is 13.0. The van der Waals surface area contributed by atoms with Crippen LogP contribution in [0, 0.1) is 0 Å². The molecule has 0 radical (unpaired) electrons. The molecule has 2 amide bonds. The van der Waals surface area contributed by atoms with E-state index in [0.717, 1.165) is 17.7 Å². The maximum Gasteiger partial charge on any atom is 0.416 e. The molecule has 2 aromatic rings. The van der Waals surface area contributed by atoms with Crippen molar-refractivity contribution in [3.05, 3.63) is 71.3 Å². The zero-order valence-corrected chi connectivity index (χ0v) is 12.7. The Hall–Kier alpha value is -2.54. The second kappa shape index (κ2) is 7.83. The van der Waals surface area contributed by atoms with Crippen LogP contribution >= 0.6 is 0 Å². The Bertz CT molecular complexity index is 658. The summed E-state index contributed by atoms with van der Waals surface area (Å²) < 4.78 is 37.4. The molecule has 1 atom stereocenters. The second-order valence-corrected chi connectivity index (χ2v) is 5.18. The number of aliphatic hydroxyl groups excluding tert-OH is 1. The molecule has 0 aliphatic heterocycles. The Balaban J connectivity index is 1.80. The van der Waals surface area contributed by atoms with Crippen LogP contribution in [-0.2, 0) is 12.7 Å². The van der Waals surface area contributed by atoms with Gasteiger partial charge < -0.3 is 15.7 Å². The summed E-state index contributed by atoms with van der Waals surface area (Å²) in [5.74, 6) is 0. The Morgan fingerprint density at radius 3 is 2.21 bits per heavy atom. The van der Waals surface area contributed by atoms with Crippen LogP contribution in [0.15, 0.2) is 54.6 Å². The molecule has 128 valence electrons. The number of nitrogens with one attached hydrogen (secondary N) is 2. The summed E-state index contributed by atoms with van der Waals surface area (Å²) >= 11 is 0. The van der Waals surface area contributed by atoms with Gasteiger partial charge in [0.15, 0.2) is 0 Å². The fourth-order valence-corrected chi connectivity index (χ4v) is 2.04. The average Bonchev–Trinajstić information content (AvgIpc) is 2.58. The first-order chi connectivity index (χ1) is 11.4. The van der Waals surface area contributed by atoms with Gasteiger partial charge in [-0.25, -0.2) is 4.79 Å². The van der Waals surface area contributed by atoms with Crippen molar-refractivity contribution in [2.24, 2.45) is 0 Å². The van der Waals surface area contributed by atoms with Gasteiger partial charge in [0, 0.05) is 13.1 Å². The number of hydrogen-bond donors (Lipinski definition) is 3. The molecule has 3 N–H and O–H groups in total. The number of carbonyl (C=O) groups excluding carboxylic acids is 1. The molecule has 0 aliphatic rings. The molecule has 4 nitrogen and oxygen atoms in total. The van der Waals surface area contributed by atoms with Crippen molar-refractivity contribution in [3.8, 4) is 0 Å². The fraction of sp³-hybridized carbons (Fsp3) is 0.235. The number of halogens is 3.